The van der Waals surface area contributed by atoms with E-state index in [1.807, 2.05) is 6.07 Å². The molecule has 2 rings (SSSR count). The van der Waals surface area contributed by atoms with Gasteiger partial charge in [0, 0.05) is 11.8 Å². The largest absolute Gasteiger partial charge is 0.481 e. The Morgan fingerprint density at radius 3 is 2.45 bits per heavy atom. The molecule has 0 aliphatic rings. The van der Waals surface area contributed by atoms with E-state index in [0.717, 1.165) is 12.1 Å². The fourth-order valence-electron chi connectivity index (χ4n) is 1.68. The molecule has 2 aromatic carbocycles. The number of carbonyl (C=O) groups excluding carboxylic acids is 1. The van der Waals surface area contributed by atoms with E-state index >= 15 is 0 Å². The molecule has 0 aliphatic heterocycles. The number of hydrogen-bond donors (Lipinski definition) is 1. The zero-order chi connectivity index (χ0) is 16.1. The van der Waals surface area contributed by atoms with Gasteiger partial charge in [-0.2, -0.15) is 5.26 Å². The van der Waals surface area contributed by atoms with Crippen LogP contribution in [-0.2, 0) is 4.79 Å². The fraction of sp³-hybridized carbons (Fsp3) is 0.125. The predicted molar refractivity (Wildman–Crippen MR) is 76.2 cm³/mol. The standard InChI is InChI=1S/C16H12F2N2O2/c1-10(22-13-5-2-11(9-19)3-6-13)16(21)20-12-4-7-14(17)15(18)8-12/h2-8,10H,1H3,(H,20,21). The molecule has 0 radical (unpaired) electrons. The van der Waals surface area contributed by atoms with Crippen LogP contribution >= 0.6 is 0 Å². The van der Waals surface area contributed by atoms with Crippen molar-refractivity contribution >= 4 is 11.6 Å². The Morgan fingerprint density at radius 1 is 1.18 bits per heavy atom. The third-order valence-corrected chi connectivity index (χ3v) is 2.85. The van der Waals surface area contributed by atoms with E-state index in [4.69, 9.17) is 10.00 Å². The number of anilines is 1. The quantitative estimate of drug-likeness (QED) is 0.943. The van der Waals surface area contributed by atoms with E-state index in [9.17, 15) is 13.6 Å². The number of nitriles is 1. The van der Waals surface area contributed by atoms with Gasteiger partial charge in [0.15, 0.2) is 17.7 Å². The van der Waals surface area contributed by atoms with Crippen LogP contribution in [0.1, 0.15) is 12.5 Å². The molecule has 0 heterocycles. The Bertz CT molecular complexity index is 724. The van der Waals surface area contributed by atoms with E-state index in [2.05, 4.69) is 5.32 Å². The van der Waals surface area contributed by atoms with Crippen LogP contribution in [-0.4, -0.2) is 12.0 Å². The lowest BCUT2D eigenvalue weighted by Gasteiger charge is -2.14. The van der Waals surface area contributed by atoms with Gasteiger partial charge in [0.2, 0.25) is 0 Å². The maximum atomic E-state index is 13.1. The van der Waals surface area contributed by atoms with Gasteiger partial charge < -0.3 is 10.1 Å². The Balaban J connectivity index is 1.99. The number of halogens is 2. The van der Waals surface area contributed by atoms with E-state index in [1.54, 1.807) is 24.3 Å². The van der Waals surface area contributed by atoms with Crippen molar-refractivity contribution in [2.45, 2.75) is 13.0 Å². The lowest BCUT2D eigenvalue weighted by molar-refractivity contribution is -0.122. The van der Waals surface area contributed by atoms with Gasteiger partial charge in [-0.1, -0.05) is 0 Å². The molecule has 1 N–H and O–H groups in total. The van der Waals surface area contributed by atoms with Crippen LogP contribution in [0.25, 0.3) is 0 Å². The minimum absolute atomic E-state index is 0.138. The van der Waals surface area contributed by atoms with Gasteiger partial charge in [0.05, 0.1) is 11.6 Å². The number of benzene rings is 2. The normalized spacial score (nSPS) is 11.4. The van der Waals surface area contributed by atoms with Crippen molar-refractivity contribution in [1.29, 1.82) is 5.26 Å². The molecule has 0 aliphatic carbocycles. The summed E-state index contributed by atoms with van der Waals surface area (Å²) in [7, 11) is 0. The Kier molecular flexibility index (Phi) is 4.69. The lowest BCUT2D eigenvalue weighted by Crippen LogP contribution is -2.30. The van der Waals surface area contributed by atoms with Crippen LogP contribution in [0.2, 0.25) is 0 Å². The van der Waals surface area contributed by atoms with Gasteiger partial charge in [-0.3, -0.25) is 4.79 Å². The zero-order valence-corrected chi connectivity index (χ0v) is 11.6. The highest BCUT2D eigenvalue weighted by Crippen LogP contribution is 2.16. The van der Waals surface area contributed by atoms with Crippen molar-refractivity contribution in [2.75, 3.05) is 5.32 Å². The van der Waals surface area contributed by atoms with Gasteiger partial charge in [0.1, 0.15) is 5.75 Å². The monoisotopic (exact) mass is 302 g/mol. The second-order valence-corrected chi connectivity index (χ2v) is 4.51. The first-order chi connectivity index (χ1) is 10.5. The van der Waals surface area contributed by atoms with Crippen LogP contribution < -0.4 is 10.1 Å². The summed E-state index contributed by atoms with van der Waals surface area (Å²) in [5.74, 6) is -2.11. The first-order valence-corrected chi connectivity index (χ1v) is 6.42. The summed E-state index contributed by atoms with van der Waals surface area (Å²) in [5, 5.41) is 11.1. The maximum Gasteiger partial charge on any atom is 0.265 e. The van der Waals surface area contributed by atoms with E-state index < -0.39 is 23.6 Å². The molecular formula is C16H12F2N2O2. The van der Waals surface area contributed by atoms with Crippen molar-refractivity contribution < 1.29 is 18.3 Å². The number of amides is 1. The van der Waals surface area contributed by atoms with Gasteiger partial charge in [-0.05, 0) is 43.3 Å². The van der Waals surface area contributed by atoms with E-state index in [1.165, 1.54) is 13.0 Å². The minimum atomic E-state index is -1.04. The Labute approximate surface area is 125 Å². The second kappa shape index (κ2) is 6.68. The summed E-state index contributed by atoms with van der Waals surface area (Å²) >= 11 is 0. The van der Waals surface area contributed by atoms with E-state index in [0.29, 0.717) is 11.3 Å². The lowest BCUT2D eigenvalue weighted by atomic mass is 10.2. The number of nitrogens with one attached hydrogen (secondary N) is 1. The highest BCUT2D eigenvalue weighted by Gasteiger charge is 2.15. The molecule has 0 fully saturated rings. The molecule has 0 saturated carbocycles. The van der Waals surface area contributed by atoms with Crippen LogP contribution in [0, 0.1) is 23.0 Å². The third-order valence-electron chi connectivity index (χ3n) is 2.85. The number of carbonyl (C=O) groups is 1. The molecule has 1 unspecified atom stereocenters. The SMILES string of the molecule is CC(Oc1ccc(C#N)cc1)C(=O)Nc1ccc(F)c(F)c1. The van der Waals surface area contributed by atoms with Crippen LogP contribution in [0.5, 0.6) is 5.75 Å². The number of hydrogen-bond acceptors (Lipinski definition) is 3. The molecule has 1 amide bonds. The van der Waals surface area contributed by atoms with E-state index in [-0.39, 0.29) is 5.69 Å². The molecule has 1 atom stereocenters. The van der Waals surface area contributed by atoms with Gasteiger partial charge in [-0.15, -0.1) is 0 Å². The molecule has 0 aromatic heterocycles. The zero-order valence-electron chi connectivity index (χ0n) is 11.6. The average Bonchev–Trinajstić information content (AvgIpc) is 2.51. The number of nitrogens with zero attached hydrogens (tertiary/aromatic N) is 1. The van der Waals surface area contributed by atoms with Crippen molar-refractivity contribution in [1.82, 2.24) is 0 Å². The first kappa shape index (κ1) is 15.4. The number of rotatable bonds is 4. The van der Waals surface area contributed by atoms with Gasteiger partial charge >= 0.3 is 0 Å². The van der Waals surface area contributed by atoms with Crippen molar-refractivity contribution in [2.24, 2.45) is 0 Å². The third kappa shape index (κ3) is 3.79. The predicted octanol–water partition coefficient (Wildman–Crippen LogP) is 3.24. The van der Waals surface area contributed by atoms with Crippen molar-refractivity contribution in [3.05, 3.63) is 59.7 Å². The average molecular weight is 302 g/mol. The van der Waals surface area contributed by atoms with Crippen molar-refractivity contribution in [3.8, 4) is 11.8 Å². The van der Waals surface area contributed by atoms with Crippen molar-refractivity contribution in [3.63, 3.8) is 0 Å². The molecule has 0 bridgehead atoms. The molecule has 112 valence electrons. The molecule has 4 nitrogen and oxygen atoms in total. The van der Waals surface area contributed by atoms with Crippen LogP contribution in [0.15, 0.2) is 42.5 Å². The Morgan fingerprint density at radius 2 is 1.86 bits per heavy atom. The van der Waals surface area contributed by atoms with Crippen LogP contribution in [0.3, 0.4) is 0 Å². The molecule has 0 spiro atoms. The summed E-state index contributed by atoms with van der Waals surface area (Å²) in [4.78, 5) is 11.9. The second-order valence-electron chi connectivity index (χ2n) is 4.51. The Hall–Kier alpha value is -2.94. The smallest absolute Gasteiger partial charge is 0.265 e. The van der Waals surface area contributed by atoms with Gasteiger partial charge in [-0.25, -0.2) is 8.78 Å². The van der Waals surface area contributed by atoms with Crippen LogP contribution in [0.4, 0.5) is 14.5 Å². The van der Waals surface area contributed by atoms with Gasteiger partial charge in [0.25, 0.3) is 5.91 Å². The maximum absolute atomic E-state index is 13.1. The molecule has 22 heavy (non-hydrogen) atoms. The molecule has 0 saturated heterocycles. The highest BCUT2D eigenvalue weighted by molar-refractivity contribution is 5.94. The summed E-state index contributed by atoms with van der Waals surface area (Å²) < 4.78 is 31.3. The summed E-state index contributed by atoms with van der Waals surface area (Å²) in [6, 6.07) is 11.3. The molecule has 6 heteroatoms. The summed E-state index contributed by atoms with van der Waals surface area (Å²) in [6.45, 7) is 1.52. The summed E-state index contributed by atoms with van der Waals surface area (Å²) in [6.07, 6.45) is -0.846. The minimum Gasteiger partial charge on any atom is -0.481 e. The first-order valence-electron chi connectivity index (χ1n) is 6.42. The fourth-order valence-corrected chi connectivity index (χ4v) is 1.68. The summed E-state index contributed by atoms with van der Waals surface area (Å²) in [5.41, 5.74) is 0.616. The highest BCUT2D eigenvalue weighted by atomic mass is 19.2. The number of ether oxygens (including phenoxy) is 1. The topological polar surface area (TPSA) is 62.1 Å². The molecular weight excluding hydrogens is 290 g/mol. The molecule has 2 aromatic rings.